The smallest absolute Gasteiger partial charge is 0.264 e. The molecule has 6 heteroatoms. The first kappa shape index (κ1) is 15.3. The third-order valence-corrected chi connectivity index (χ3v) is 5.14. The van der Waals surface area contributed by atoms with Gasteiger partial charge in [-0.05, 0) is 55.8 Å². The Kier molecular flexibility index (Phi) is 4.18. The maximum atomic E-state index is 13.0. The summed E-state index contributed by atoms with van der Waals surface area (Å²) in [5.74, 6) is -0.410. The van der Waals surface area contributed by atoms with Crippen LogP contribution in [0.15, 0.2) is 47.4 Å². The van der Waals surface area contributed by atoms with Crippen LogP contribution in [0.4, 0.5) is 15.8 Å². The second kappa shape index (κ2) is 5.73. The summed E-state index contributed by atoms with van der Waals surface area (Å²) in [6.07, 6.45) is 0. The molecule has 0 atom stereocenters. The number of nitrogen functional groups attached to an aromatic ring is 1. The Morgan fingerprint density at radius 1 is 1.14 bits per heavy atom. The van der Waals surface area contributed by atoms with Crippen molar-refractivity contribution in [3.63, 3.8) is 0 Å². The van der Waals surface area contributed by atoms with Gasteiger partial charge in [-0.1, -0.05) is 6.07 Å². The molecular weight excluding hydrogens is 291 g/mol. The van der Waals surface area contributed by atoms with Gasteiger partial charge in [0.25, 0.3) is 10.0 Å². The summed E-state index contributed by atoms with van der Waals surface area (Å²) in [5, 5.41) is 0. The van der Waals surface area contributed by atoms with Crippen LogP contribution in [-0.4, -0.2) is 15.0 Å². The lowest BCUT2D eigenvalue weighted by atomic mass is 10.2. The van der Waals surface area contributed by atoms with E-state index in [1.807, 2.05) is 6.92 Å². The van der Waals surface area contributed by atoms with Crippen molar-refractivity contribution in [2.24, 2.45) is 0 Å². The average molecular weight is 308 g/mol. The number of rotatable bonds is 4. The van der Waals surface area contributed by atoms with Crippen molar-refractivity contribution >= 4 is 21.4 Å². The number of nitrogens with zero attached hydrogens (tertiary/aromatic N) is 1. The standard InChI is InChI=1S/C15H17FN2O2S/c1-3-18(13-7-5-12(16)6-8-13)21(19,20)14-9-4-11(2)15(17)10-14/h4-10H,3,17H2,1-2H3. The van der Waals surface area contributed by atoms with E-state index in [0.29, 0.717) is 11.4 Å². The summed E-state index contributed by atoms with van der Waals surface area (Å²) < 4.78 is 39.6. The van der Waals surface area contributed by atoms with E-state index in [0.717, 1.165) is 5.56 Å². The third kappa shape index (κ3) is 3.00. The Balaban J connectivity index is 2.49. The number of sulfonamides is 1. The second-order valence-corrected chi connectivity index (χ2v) is 6.53. The highest BCUT2D eigenvalue weighted by Gasteiger charge is 2.24. The van der Waals surface area contributed by atoms with E-state index in [-0.39, 0.29) is 11.4 Å². The minimum Gasteiger partial charge on any atom is -0.398 e. The predicted octanol–water partition coefficient (Wildman–Crippen LogP) is 2.93. The molecule has 0 radical (unpaired) electrons. The zero-order valence-electron chi connectivity index (χ0n) is 11.9. The number of anilines is 2. The molecule has 2 rings (SSSR count). The Hall–Kier alpha value is -2.08. The largest absolute Gasteiger partial charge is 0.398 e. The first-order valence-electron chi connectivity index (χ1n) is 6.50. The third-order valence-electron chi connectivity index (χ3n) is 3.24. The molecule has 0 amide bonds. The normalized spacial score (nSPS) is 11.4. The van der Waals surface area contributed by atoms with E-state index in [2.05, 4.69) is 0 Å². The van der Waals surface area contributed by atoms with Crippen molar-refractivity contribution in [1.29, 1.82) is 0 Å². The van der Waals surface area contributed by atoms with Crippen LogP contribution in [0.3, 0.4) is 0 Å². The molecule has 112 valence electrons. The molecule has 0 heterocycles. The Morgan fingerprint density at radius 3 is 2.29 bits per heavy atom. The molecule has 0 bridgehead atoms. The van der Waals surface area contributed by atoms with Gasteiger partial charge in [0.05, 0.1) is 10.6 Å². The van der Waals surface area contributed by atoms with Crippen LogP contribution >= 0.6 is 0 Å². The highest BCUT2D eigenvalue weighted by molar-refractivity contribution is 7.92. The molecule has 0 aliphatic rings. The lowest BCUT2D eigenvalue weighted by molar-refractivity contribution is 0.591. The molecule has 2 N–H and O–H groups in total. The number of benzene rings is 2. The first-order valence-corrected chi connectivity index (χ1v) is 7.94. The van der Waals surface area contributed by atoms with E-state index in [1.54, 1.807) is 13.0 Å². The van der Waals surface area contributed by atoms with Gasteiger partial charge in [0.1, 0.15) is 5.82 Å². The SMILES string of the molecule is CCN(c1ccc(F)cc1)S(=O)(=O)c1ccc(C)c(N)c1. The minimum absolute atomic E-state index is 0.122. The molecule has 2 aromatic rings. The van der Waals surface area contributed by atoms with Gasteiger partial charge in [0.15, 0.2) is 0 Å². The van der Waals surface area contributed by atoms with Crippen molar-refractivity contribution in [1.82, 2.24) is 0 Å². The molecule has 0 saturated heterocycles. The van der Waals surface area contributed by atoms with Gasteiger partial charge in [0.2, 0.25) is 0 Å². The van der Waals surface area contributed by atoms with Crippen LogP contribution in [-0.2, 0) is 10.0 Å². The van der Waals surface area contributed by atoms with E-state index in [1.165, 1.54) is 40.7 Å². The highest BCUT2D eigenvalue weighted by atomic mass is 32.2. The van der Waals surface area contributed by atoms with E-state index < -0.39 is 15.8 Å². The number of halogens is 1. The molecule has 0 unspecified atom stereocenters. The molecular formula is C15H17FN2O2S. The molecule has 21 heavy (non-hydrogen) atoms. The topological polar surface area (TPSA) is 63.4 Å². The van der Waals surface area contributed by atoms with E-state index in [9.17, 15) is 12.8 Å². The number of hydrogen-bond acceptors (Lipinski definition) is 3. The quantitative estimate of drug-likeness (QED) is 0.883. The van der Waals surface area contributed by atoms with Gasteiger partial charge in [-0.15, -0.1) is 0 Å². The summed E-state index contributed by atoms with van der Waals surface area (Å²) in [5.41, 5.74) is 7.44. The lowest BCUT2D eigenvalue weighted by Crippen LogP contribution is -2.30. The molecule has 0 aliphatic carbocycles. The maximum Gasteiger partial charge on any atom is 0.264 e. The molecule has 0 fully saturated rings. The summed E-state index contributed by atoms with van der Waals surface area (Å²) >= 11 is 0. The molecule has 4 nitrogen and oxygen atoms in total. The number of aryl methyl sites for hydroxylation is 1. The van der Waals surface area contributed by atoms with Crippen LogP contribution in [0.1, 0.15) is 12.5 Å². The van der Waals surface area contributed by atoms with Crippen molar-refractivity contribution in [3.05, 3.63) is 53.8 Å². The summed E-state index contributed by atoms with van der Waals surface area (Å²) in [4.78, 5) is 0.122. The lowest BCUT2D eigenvalue weighted by Gasteiger charge is -2.23. The Morgan fingerprint density at radius 2 is 1.76 bits per heavy atom. The van der Waals surface area contributed by atoms with Crippen molar-refractivity contribution in [3.8, 4) is 0 Å². The van der Waals surface area contributed by atoms with Gasteiger partial charge >= 0.3 is 0 Å². The number of nitrogens with two attached hydrogens (primary N) is 1. The van der Waals surface area contributed by atoms with Crippen molar-refractivity contribution in [2.75, 3.05) is 16.6 Å². The van der Waals surface area contributed by atoms with Gasteiger partial charge in [0, 0.05) is 12.2 Å². The fourth-order valence-corrected chi connectivity index (χ4v) is 3.51. The second-order valence-electron chi connectivity index (χ2n) is 4.66. The first-order chi connectivity index (χ1) is 9.86. The molecule has 0 saturated carbocycles. The van der Waals surface area contributed by atoms with E-state index >= 15 is 0 Å². The minimum atomic E-state index is -3.73. The van der Waals surface area contributed by atoms with Crippen LogP contribution in [0.2, 0.25) is 0 Å². The predicted molar refractivity (Wildman–Crippen MR) is 82.2 cm³/mol. The van der Waals surface area contributed by atoms with Crippen molar-refractivity contribution in [2.45, 2.75) is 18.7 Å². The van der Waals surface area contributed by atoms with Gasteiger partial charge < -0.3 is 5.73 Å². The Labute approximate surface area is 124 Å². The monoisotopic (exact) mass is 308 g/mol. The van der Waals surface area contributed by atoms with Gasteiger partial charge in [-0.3, -0.25) is 4.31 Å². The highest BCUT2D eigenvalue weighted by Crippen LogP contribution is 2.25. The Bertz CT molecular complexity index is 743. The van der Waals surface area contributed by atoms with Crippen molar-refractivity contribution < 1.29 is 12.8 Å². The zero-order valence-corrected chi connectivity index (χ0v) is 12.7. The summed E-state index contributed by atoms with van der Waals surface area (Å²) in [7, 11) is -3.73. The summed E-state index contributed by atoms with van der Waals surface area (Å²) in [6, 6.07) is 9.97. The summed E-state index contributed by atoms with van der Waals surface area (Å²) in [6.45, 7) is 3.77. The fraction of sp³-hybridized carbons (Fsp3) is 0.200. The van der Waals surface area contributed by atoms with Crippen LogP contribution in [0.5, 0.6) is 0 Å². The molecule has 0 aliphatic heterocycles. The zero-order chi connectivity index (χ0) is 15.6. The number of hydrogen-bond donors (Lipinski definition) is 1. The van der Waals surface area contributed by atoms with Crippen LogP contribution in [0, 0.1) is 12.7 Å². The van der Waals surface area contributed by atoms with E-state index in [4.69, 9.17) is 5.73 Å². The van der Waals surface area contributed by atoms with Gasteiger partial charge in [-0.2, -0.15) is 0 Å². The maximum absolute atomic E-state index is 13.0. The van der Waals surface area contributed by atoms with Crippen LogP contribution in [0.25, 0.3) is 0 Å². The van der Waals surface area contributed by atoms with Gasteiger partial charge in [-0.25, -0.2) is 12.8 Å². The average Bonchev–Trinajstić information content (AvgIpc) is 2.44. The fourth-order valence-electron chi connectivity index (χ4n) is 2.00. The molecule has 0 spiro atoms. The van der Waals surface area contributed by atoms with Crippen LogP contribution < -0.4 is 10.0 Å². The molecule has 2 aromatic carbocycles. The molecule has 0 aromatic heterocycles.